The summed E-state index contributed by atoms with van der Waals surface area (Å²) < 4.78 is 23.5. The van der Waals surface area contributed by atoms with Gasteiger partial charge in [0.1, 0.15) is 13.2 Å². The predicted octanol–water partition coefficient (Wildman–Crippen LogP) is 16.7. The van der Waals surface area contributed by atoms with E-state index in [2.05, 4.69) is 165 Å². The van der Waals surface area contributed by atoms with Gasteiger partial charge in [-0.2, -0.15) is 0 Å². The molecule has 8 nitrogen and oxygen atoms in total. The van der Waals surface area contributed by atoms with Gasteiger partial charge in [0.2, 0.25) is 5.91 Å². The largest absolute Gasteiger partial charge is 0.472 e. The Morgan fingerprint density at radius 1 is 0.493 bits per heavy atom. The molecule has 3 unspecified atom stereocenters. The second kappa shape index (κ2) is 51.0. The van der Waals surface area contributed by atoms with Gasteiger partial charge in [0, 0.05) is 6.42 Å². The van der Waals surface area contributed by atoms with E-state index in [9.17, 15) is 19.4 Å². The van der Waals surface area contributed by atoms with Crippen molar-refractivity contribution < 1.29 is 32.9 Å². The number of nitrogens with zero attached hydrogens (tertiary/aromatic N) is 1. The number of carbonyl (C=O) groups excluding carboxylic acids is 1. The summed E-state index contributed by atoms with van der Waals surface area (Å²) in [7, 11) is 1.51. The van der Waals surface area contributed by atoms with Crippen molar-refractivity contribution in [2.75, 3.05) is 40.9 Å². The molecule has 0 aliphatic rings. The van der Waals surface area contributed by atoms with Gasteiger partial charge >= 0.3 is 7.82 Å². The number of aliphatic hydroxyl groups is 1. The minimum atomic E-state index is -4.36. The lowest BCUT2D eigenvalue weighted by Crippen LogP contribution is -2.45. The first-order chi connectivity index (χ1) is 34.5. The van der Waals surface area contributed by atoms with Crippen molar-refractivity contribution >= 4 is 13.7 Å². The van der Waals surface area contributed by atoms with Crippen molar-refractivity contribution in [3.8, 4) is 0 Å². The fourth-order valence-electron chi connectivity index (χ4n) is 6.73. The molecule has 400 valence electrons. The van der Waals surface area contributed by atoms with Crippen molar-refractivity contribution in [2.45, 2.75) is 187 Å². The second-order valence-corrected chi connectivity index (χ2v) is 20.3. The van der Waals surface area contributed by atoms with E-state index in [4.69, 9.17) is 9.05 Å². The number of phosphoric ester groups is 1. The first-order valence-corrected chi connectivity index (χ1v) is 28.9. The Morgan fingerprint density at radius 2 is 0.845 bits per heavy atom. The Balaban J connectivity index is 4.22. The molecule has 0 saturated carbocycles. The van der Waals surface area contributed by atoms with Crippen molar-refractivity contribution in [1.82, 2.24) is 5.32 Å². The smallest absolute Gasteiger partial charge is 0.387 e. The van der Waals surface area contributed by atoms with E-state index in [1.54, 1.807) is 6.08 Å². The van der Waals surface area contributed by atoms with Crippen LogP contribution in [0.4, 0.5) is 0 Å². The second-order valence-electron chi connectivity index (χ2n) is 18.9. The fraction of sp³-hybridized carbons (Fsp3) is 0.565. The van der Waals surface area contributed by atoms with E-state index >= 15 is 0 Å². The molecule has 3 N–H and O–H groups in total. The molecule has 9 heteroatoms. The predicted molar refractivity (Wildman–Crippen MR) is 308 cm³/mol. The standard InChI is InChI=1S/C62H101N2O6P/c1-6-8-10-12-14-16-18-19-20-21-22-23-24-25-26-27-28-29-30-31-32-33-34-35-36-37-38-39-40-41-42-43-44-45-46-48-50-52-54-56-62(66)63-60(59-70-71(67,68)69-58-57-64(3,4)5)61(65)55-53-51-49-47-17-15-13-11-9-7-2/h8,10,14,16,19-20,22-23,25-26,28-29,31-32,34-35,37-38,40-41,43-44,46,48,53,55,60-61,65H,6-7,9,11-13,15,17-18,21,24,27,30,33,36,39,42,45,47,49-52,54,56-59H2,1-5H3,(H-,63,66,67,68)/p+1/b10-8-,16-14-,20-19-,23-22-,26-25-,29-28-,32-31-,35-34-,38-37-,41-40-,44-43-,48-46-,55-53+. The molecule has 0 radical (unpaired) electrons. The van der Waals surface area contributed by atoms with Gasteiger partial charge in [0.25, 0.3) is 0 Å². The fourth-order valence-corrected chi connectivity index (χ4v) is 7.46. The van der Waals surface area contributed by atoms with Crippen LogP contribution in [-0.4, -0.2) is 73.4 Å². The van der Waals surface area contributed by atoms with Crippen molar-refractivity contribution in [1.29, 1.82) is 0 Å². The zero-order chi connectivity index (χ0) is 52.0. The van der Waals surface area contributed by atoms with Crippen LogP contribution >= 0.6 is 7.82 Å². The molecule has 0 bridgehead atoms. The number of hydrogen-bond donors (Lipinski definition) is 3. The normalized spacial score (nSPS) is 15.2. The van der Waals surface area contributed by atoms with Crippen LogP contribution in [0.15, 0.2) is 158 Å². The third kappa shape index (κ3) is 53.7. The Kier molecular flexibility index (Phi) is 48.2. The Hall–Kier alpha value is -3.88. The number of nitrogens with one attached hydrogen (secondary N) is 1. The topological polar surface area (TPSA) is 105 Å². The monoisotopic (exact) mass is 1000 g/mol. The first-order valence-electron chi connectivity index (χ1n) is 27.4. The number of quaternary nitrogens is 1. The molecule has 0 rings (SSSR count). The summed E-state index contributed by atoms with van der Waals surface area (Å²) in [6.45, 7) is 4.61. The van der Waals surface area contributed by atoms with Gasteiger partial charge in [0.15, 0.2) is 0 Å². The summed E-state index contributed by atoms with van der Waals surface area (Å²) in [6.07, 6.45) is 80.7. The van der Waals surface area contributed by atoms with Gasteiger partial charge in [-0.05, 0) is 109 Å². The minimum absolute atomic E-state index is 0.0439. The highest BCUT2D eigenvalue weighted by atomic mass is 31.2. The van der Waals surface area contributed by atoms with E-state index in [0.717, 1.165) is 109 Å². The number of amides is 1. The lowest BCUT2D eigenvalue weighted by molar-refractivity contribution is -0.870. The van der Waals surface area contributed by atoms with Gasteiger partial charge in [-0.1, -0.05) is 217 Å². The number of allylic oxidation sites excluding steroid dienone is 25. The number of hydrogen-bond acceptors (Lipinski definition) is 5. The molecule has 0 aliphatic heterocycles. The van der Waals surface area contributed by atoms with Gasteiger partial charge in [-0.15, -0.1) is 0 Å². The van der Waals surface area contributed by atoms with Gasteiger partial charge in [-0.3, -0.25) is 13.8 Å². The highest BCUT2D eigenvalue weighted by Gasteiger charge is 2.27. The molecule has 0 aromatic heterocycles. The maximum atomic E-state index is 12.9. The molecule has 1 amide bonds. The molecule has 0 aliphatic carbocycles. The third-order valence-electron chi connectivity index (χ3n) is 11.0. The van der Waals surface area contributed by atoms with Crippen molar-refractivity contribution in [3.63, 3.8) is 0 Å². The van der Waals surface area contributed by atoms with Crippen LogP contribution in [0.1, 0.15) is 174 Å². The van der Waals surface area contributed by atoms with Crippen LogP contribution in [0.5, 0.6) is 0 Å². The van der Waals surface area contributed by atoms with Crippen LogP contribution in [0, 0.1) is 0 Å². The van der Waals surface area contributed by atoms with Gasteiger partial charge in [-0.25, -0.2) is 4.57 Å². The van der Waals surface area contributed by atoms with Crippen molar-refractivity contribution in [3.05, 3.63) is 158 Å². The maximum absolute atomic E-state index is 12.9. The van der Waals surface area contributed by atoms with Crippen LogP contribution < -0.4 is 5.32 Å². The van der Waals surface area contributed by atoms with Crippen molar-refractivity contribution in [2.24, 2.45) is 0 Å². The molecular formula is C62H102N2O6P+. The highest BCUT2D eigenvalue weighted by Crippen LogP contribution is 2.43. The summed E-state index contributed by atoms with van der Waals surface area (Å²) in [5.74, 6) is -0.229. The zero-order valence-electron chi connectivity index (χ0n) is 45.4. The highest BCUT2D eigenvalue weighted by molar-refractivity contribution is 7.47. The molecule has 0 heterocycles. The first kappa shape index (κ1) is 67.1. The molecule has 0 fully saturated rings. The Labute approximate surface area is 435 Å². The van der Waals surface area contributed by atoms with E-state index < -0.39 is 20.0 Å². The van der Waals surface area contributed by atoms with E-state index in [1.807, 2.05) is 27.2 Å². The summed E-state index contributed by atoms with van der Waals surface area (Å²) in [6, 6.07) is -0.880. The third-order valence-corrected chi connectivity index (χ3v) is 12.0. The average Bonchev–Trinajstić information content (AvgIpc) is 3.33. The van der Waals surface area contributed by atoms with Crippen LogP contribution in [0.25, 0.3) is 0 Å². The number of carbonyl (C=O) groups is 1. The summed E-state index contributed by atoms with van der Waals surface area (Å²) >= 11 is 0. The molecule has 0 aromatic carbocycles. The number of likely N-dealkylation sites (N-methyl/N-ethyl adjacent to an activating group) is 1. The van der Waals surface area contributed by atoms with Crippen LogP contribution in [0.2, 0.25) is 0 Å². The average molecular weight is 1000 g/mol. The maximum Gasteiger partial charge on any atom is 0.472 e. The van der Waals surface area contributed by atoms with E-state index in [-0.39, 0.29) is 19.1 Å². The Bertz CT molecular complexity index is 1700. The molecule has 0 spiro atoms. The van der Waals surface area contributed by atoms with Crippen LogP contribution in [-0.2, 0) is 18.4 Å². The minimum Gasteiger partial charge on any atom is -0.387 e. The lowest BCUT2D eigenvalue weighted by atomic mass is 10.1. The van der Waals surface area contributed by atoms with Crippen LogP contribution in [0.3, 0.4) is 0 Å². The molecule has 71 heavy (non-hydrogen) atoms. The number of phosphoric acid groups is 1. The number of unbranched alkanes of at least 4 members (excludes halogenated alkanes) is 10. The molecule has 3 atom stereocenters. The number of aliphatic hydroxyl groups excluding tert-OH is 1. The molecule has 0 saturated heterocycles. The molecular weight excluding hydrogens is 900 g/mol. The summed E-state index contributed by atoms with van der Waals surface area (Å²) in [5, 5.41) is 13.8. The molecule has 0 aromatic rings. The van der Waals surface area contributed by atoms with Gasteiger partial charge in [0.05, 0.1) is 39.9 Å². The summed E-state index contributed by atoms with van der Waals surface area (Å²) in [4.78, 5) is 23.1. The van der Waals surface area contributed by atoms with E-state index in [1.165, 1.54) is 38.5 Å². The quantitative estimate of drug-likeness (QED) is 0.0243. The van der Waals surface area contributed by atoms with E-state index in [0.29, 0.717) is 23.9 Å². The summed E-state index contributed by atoms with van der Waals surface area (Å²) in [5.41, 5.74) is 0. The number of rotatable bonds is 47. The Morgan fingerprint density at radius 3 is 1.24 bits per heavy atom. The van der Waals surface area contributed by atoms with Gasteiger partial charge < -0.3 is 19.8 Å². The SMILES string of the molecule is CC/C=C\C/C=C\C/C=C\C/C=C\C/C=C\C/C=C\C/C=C\C/C=C\C/C=C\C/C=C\C/C=C\C/C=C\CCCCC(=O)NC(COP(=O)(O)OCC[N+](C)(C)C)C(O)/C=C/CCCCCCCCCC. The zero-order valence-corrected chi connectivity index (χ0v) is 46.3. The lowest BCUT2D eigenvalue weighted by Gasteiger charge is -2.25.